The number of piperidine rings is 1. The molecule has 1 N–H and O–H groups in total. The third-order valence-corrected chi connectivity index (χ3v) is 6.39. The number of carbonyl (C=O) groups excluding carboxylic acids is 1. The van der Waals surface area contributed by atoms with Crippen LogP contribution >= 0.6 is 0 Å². The summed E-state index contributed by atoms with van der Waals surface area (Å²) in [5.74, 6) is 1.10. The Balaban J connectivity index is 1.39. The number of piperazine rings is 1. The first-order valence-electron chi connectivity index (χ1n) is 11.0. The van der Waals surface area contributed by atoms with E-state index in [0.29, 0.717) is 6.54 Å². The van der Waals surface area contributed by atoms with Crippen LogP contribution in [0, 0.1) is 5.92 Å². The molecule has 1 aromatic carbocycles. The van der Waals surface area contributed by atoms with E-state index in [2.05, 4.69) is 32.9 Å². The van der Waals surface area contributed by atoms with Crippen LogP contribution in [0.4, 0.5) is 5.69 Å². The van der Waals surface area contributed by atoms with Crippen molar-refractivity contribution >= 4 is 11.5 Å². The van der Waals surface area contributed by atoms with Gasteiger partial charge in [-0.15, -0.1) is 0 Å². The van der Waals surface area contributed by atoms with Gasteiger partial charge in [0.2, 0.25) is 0 Å². The van der Waals surface area contributed by atoms with Crippen molar-refractivity contribution in [2.45, 2.75) is 45.6 Å². The summed E-state index contributed by atoms with van der Waals surface area (Å²) < 4.78 is 0. The molecule has 2 saturated heterocycles. The third kappa shape index (κ3) is 6.03. The lowest BCUT2D eigenvalue weighted by Crippen LogP contribution is -2.47. The number of hydrogen-bond acceptors (Lipinski definition) is 5. The van der Waals surface area contributed by atoms with Gasteiger partial charge in [0.05, 0.1) is 12.6 Å². The van der Waals surface area contributed by atoms with E-state index < -0.39 is 0 Å². The Morgan fingerprint density at radius 3 is 2.46 bits per heavy atom. The Hall–Kier alpha value is -1.43. The van der Waals surface area contributed by atoms with E-state index in [-0.39, 0.29) is 11.9 Å². The molecule has 2 fully saturated rings. The Morgan fingerprint density at radius 2 is 1.82 bits per heavy atom. The second-order valence-electron chi connectivity index (χ2n) is 8.56. The molecule has 5 heteroatoms. The summed E-state index contributed by atoms with van der Waals surface area (Å²) in [5, 5.41) is 10.1. The maximum atomic E-state index is 11.3. The van der Waals surface area contributed by atoms with Crippen molar-refractivity contribution in [1.82, 2.24) is 9.80 Å². The number of likely N-dealkylation sites (tertiary alicyclic amines) is 1. The molecule has 3 rings (SSSR count). The molecule has 0 saturated carbocycles. The van der Waals surface area contributed by atoms with Crippen LogP contribution in [-0.4, -0.2) is 73.0 Å². The summed E-state index contributed by atoms with van der Waals surface area (Å²) in [6.45, 7) is 12.0. The van der Waals surface area contributed by atoms with Gasteiger partial charge in [-0.25, -0.2) is 0 Å². The normalized spacial score (nSPS) is 21.0. The van der Waals surface area contributed by atoms with Gasteiger partial charge in [0.15, 0.2) is 0 Å². The summed E-state index contributed by atoms with van der Waals surface area (Å²) in [6.07, 6.45) is 4.15. The SMILES string of the molecule is CCC(O)c1cccc(N2CCN(CCC3CCN(CC(C)=O)CC3)CC2)c1. The molecule has 0 radical (unpaired) electrons. The lowest BCUT2D eigenvalue weighted by molar-refractivity contribution is -0.118. The number of aliphatic hydroxyl groups is 1. The van der Waals surface area contributed by atoms with E-state index in [0.717, 1.165) is 57.2 Å². The fraction of sp³-hybridized carbons (Fsp3) is 0.696. The topological polar surface area (TPSA) is 47.0 Å². The highest BCUT2D eigenvalue weighted by molar-refractivity contribution is 5.77. The second kappa shape index (κ2) is 10.4. The van der Waals surface area contributed by atoms with Crippen molar-refractivity contribution in [1.29, 1.82) is 0 Å². The number of aliphatic hydroxyl groups excluding tert-OH is 1. The van der Waals surface area contributed by atoms with Crippen LogP contribution in [-0.2, 0) is 4.79 Å². The fourth-order valence-corrected chi connectivity index (χ4v) is 4.51. The van der Waals surface area contributed by atoms with Gasteiger partial charge in [0, 0.05) is 31.9 Å². The molecule has 0 bridgehead atoms. The quantitative estimate of drug-likeness (QED) is 0.743. The van der Waals surface area contributed by atoms with Crippen molar-refractivity contribution in [3.8, 4) is 0 Å². The van der Waals surface area contributed by atoms with Crippen molar-refractivity contribution < 1.29 is 9.90 Å². The number of rotatable bonds is 8. The standard InChI is InChI=1S/C23H37N3O2/c1-3-23(28)21-5-4-6-22(17-21)26-15-13-24(14-16-26)10-7-20-8-11-25(12-9-20)18-19(2)27/h4-6,17,20,23,28H,3,7-16,18H2,1-2H3. The summed E-state index contributed by atoms with van der Waals surface area (Å²) in [7, 11) is 0. The smallest absolute Gasteiger partial charge is 0.143 e. The minimum absolute atomic E-state index is 0.283. The highest BCUT2D eigenvalue weighted by atomic mass is 16.3. The highest BCUT2D eigenvalue weighted by Crippen LogP contribution is 2.24. The molecule has 28 heavy (non-hydrogen) atoms. The average molecular weight is 388 g/mol. The lowest BCUT2D eigenvalue weighted by Gasteiger charge is -2.37. The molecular formula is C23H37N3O2. The number of carbonyl (C=O) groups is 1. The minimum atomic E-state index is -0.358. The number of Topliss-reactive ketones (excluding diaryl/α,β-unsaturated/α-hetero) is 1. The average Bonchev–Trinajstić information content (AvgIpc) is 2.73. The molecule has 1 atom stereocenters. The molecule has 2 heterocycles. The van der Waals surface area contributed by atoms with Crippen molar-refractivity contribution in [3.63, 3.8) is 0 Å². The van der Waals surface area contributed by atoms with Crippen LogP contribution in [0.1, 0.15) is 51.2 Å². The third-order valence-electron chi connectivity index (χ3n) is 6.39. The molecule has 0 spiro atoms. The Bertz CT molecular complexity index is 620. The van der Waals surface area contributed by atoms with E-state index >= 15 is 0 Å². The van der Waals surface area contributed by atoms with Gasteiger partial charge in [0.1, 0.15) is 5.78 Å². The van der Waals surface area contributed by atoms with E-state index in [9.17, 15) is 9.90 Å². The second-order valence-corrected chi connectivity index (χ2v) is 8.56. The maximum Gasteiger partial charge on any atom is 0.143 e. The number of benzene rings is 1. The molecule has 156 valence electrons. The molecular weight excluding hydrogens is 350 g/mol. The van der Waals surface area contributed by atoms with Crippen LogP contribution in [0.3, 0.4) is 0 Å². The van der Waals surface area contributed by atoms with Gasteiger partial charge in [-0.2, -0.15) is 0 Å². The van der Waals surface area contributed by atoms with Gasteiger partial charge in [-0.05, 0) is 75.9 Å². The van der Waals surface area contributed by atoms with Crippen LogP contribution in [0.2, 0.25) is 0 Å². The number of ketones is 1. The molecule has 0 aromatic heterocycles. The molecule has 2 aliphatic heterocycles. The van der Waals surface area contributed by atoms with Crippen LogP contribution in [0.15, 0.2) is 24.3 Å². The van der Waals surface area contributed by atoms with Crippen LogP contribution in [0.25, 0.3) is 0 Å². The molecule has 1 aromatic rings. The fourth-order valence-electron chi connectivity index (χ4n) is 4.51. The minimum Gasteiger partial charge on any atom is -0.388 e. The number of hydrogen-bond donors (Lipinski definition) is 1. The highest BCUT2D eigenvalue weighted by Gasteiger charge is 2.22. The number of anilines is 1. The summed E-state index contributed by atoms with van der Waals surface area (Å²) in [5.41, 5.74) is 2.26. The van der Waals surface area contributed by atoms with Crippen LogP contribution < -0.4 is 4.90 Å². The first-order valence-corrected chi connectivity index (χ1v) is 11.0. The van der Waals surface area contributed by atoms with Gasteiger partial charge in [0.25, 0.3) is 0 Å². The van der Waals surface area contributed by atoms with Crippen molar-refractivity contribution in [3.05, 3.63) is 29.8 Å². The summed E-state index contributed by atoms with van der Waals surface area (Å²) >= 11 is 0. The van der Waals surface area contributed by atoms with Crippen molar-refractivity contribution in [2.75, 3.05) is 57.3 Å². The maximum absolute atomic E-state index is 11.3. The van der Waals surface area contributed by atoms with E-state index in [1.165, 1.54) is 31.5 Å². The monoisotopic (exact) mass is 387 g/mol. The Morgan fingerprint density at radius 1 is 1.11 bits per heavy atom. The Kier molecular flexibility index (Phi) is 7.89. The molecule has 0 amide bonds. The zero-order valence-corrected chi connectivity index (χ0v) is 17.6. The van der Waals surface area contributed by atoms with Gasteiger partial charge in [-0.3, -0.25) is 14.6 Å². The molecule has 0 aliphatic carbocycles. The lowest BCUT2D eigenvalue weighted by atomic mass is 9.93. The summed E-state index contributed by atoms with van der Waals surface area (Å²) in [4.78, 5) is 18.6. The molecule has 1 unspecified atom stereocenters. The number of nitrogens with zero attached hydrogens (tertiary/aromatic N) is 3. The predicted octanol–water partition coefficient (Wildman–Crippen LogP) is 2.94. The zero-order valence-electron chi connectivity index (χ0n) is 17.6. The molecule has 2 aliphatic rings. The first kappa shape index (κ1) is 21.3. The Labute approximate surface area is 170 Å². The van der Waals surface area contributed by atoms with Crippen molar-refractivity contribution in [2.24, 2.45) is 5.92 Å². The zero-order chi connectivity index (χ0) is 19.9. The van der Waals surface area contributed by atoms with Crippen LogP contribution in [0.5, 0.6) is 0 Å². The van der Waals surface area contributed by atoms with Gasteiger partial charge in [-0.1, -0.05) is 19.1 Å². The van der Waals surface area contributed by atoms with E-state index in [1.807, 2.05) is 13.0 Å². The van der Waals surface area contributed by atoms with Gasteiger partial charge >= 0.3 is 0 Å². The summed E-state index contributed by atoms with van der Waals surface area (Å²) in [6, 6.07) is 8.40. The first-order chi connectivity index (χ1) is 13.5. The predicted molar refractivity (Wildman–Crippen MR) is 115 cm³/mol. The van der Waals surface area contributed by atoms with E-state index in [1.54, 1.807) is 6.92 Å². The molecule has 5 nitrogen and oxygen atoms in total. The van der Waals surface area contributed by atoms with E-state index in [4.69, 9.17) is 0 Å². The van der Waals surface area contributed by atoms with Gasteiger partial charge < -0.3 is 10.0 Å². The largest absolute Gasteiger partial charge is 0.388 e.